The Bertz CT molecular complexity index is 1300. The van der Waals surface area contributed by atoms with Gasteiger partial charge in [-0.05, 0) is 24.3 Å². The van der Waals surface area contributed by atoms with Crippen molar-refractivity contribution in [3.63, 3.8) is 0 Å². The van der Waals surface area contributed by atoms with E-state index in [1.165, 1.54) is 25.9 Å². The Hall–Kier alpha value is -3.75. The van der Waals surface area contributed by atoms with Crippen LogP contribution in [-0.4, -0.2) is 24.8 Å². The summed E-state index contributed by atoms with van der Waals surface area (Å²) in [6, 6.07) is 11.9. The average molecular weight is 397 g/mol. The Labute approximate surface area is 163 Å². The highest BCUT2D eigenvalue weighted by molar-refractivity contribution is 5.91. The molecule has 148 valence electrons. The minimum absolute atomic E-state index is 0.118. The number of amides is 1. The summed E-state index contributed by atoms with van der Waals surface area (Å²) in [6.45, 7) is -0.189. The van der Waals surface area contributed by atoms with E-state index in [4.69, 9.17) is 0 Å². The maximum Gasteiger partial charge on any atom is 0.329 e. The van der Waals surface area contributed by atoms with Crippen LogP contribution in [0.15, 0.2) is 53.3 Å². The van der Waals surface area contributed by atoms with Gasteiger partial charge in [0.15, 0.2) is 0 Å². The smallest absolute Gasteiger partial charge is 0.309 e. The quantitative estimate of drug-likeness (QED) is 0.575. The monoisotopic (exact) mass is 397 g/mol. The summed E-state index contributed by atoms with van der Waals surface area (Å²) >= 11 is 0. The molecule has 4 aromatic rings. The molecule has 0 aliphatic rings. The van der Waals surface area contributed by atoms with Gasteiger partial charge in [-0.1, -0.05) is 12.1 Å². The molecule has 1 amide bonds. The Balaban J connectivity index is 1.59. The van der Waals surface area contributed by atoms with Gasteiger partial charge in [-0.15, -0.1) is 0 Å². The van der Waals surface area contributed by atoms with E-state index in [0.29, 0.717) is 11.3 Å². The van der Waals surface area contributed by atoms with E-state index in [2.05, 4.69) is 10.4 Å². The number of nitrogens with zero attached hydrogens (tertiary/aromatic N) is 4. The molecule has 0 saturated carbocycles. The lowest BCUT2D eigenvalue weighted by Crippen LogP contribution is -2.28. The SMILES string of the molecule is Cn1nc(-c2ccc(F)cc2F)cc1NC(=O)Cn1c(=O)n(C)c2ccccc21. The number of imidazole rings is 1. The average Bonchev–Trinajstić information content (AvgIpc) is 3.15. The molecule has 4 rings (SSSR count). The second-order valence-electron chi connectivity index (χ2n) is 6.63. The van der Waals surface area contributed by atoms with E-state index in [1.807, 2.05) is 6.07 Å². The largest absolute Gasteiger partial charge is 0.329 e. The molecular weight excluding hydrogens is 380 g/mol. The highest BCUT2D eigenvalue weighted by atomic mass is 19.1. The second-order valence-corrected chi connectivity index (χ2v) is 6.63. The molecule has 0 unspecified atom stereocenters. The third kappa shape index (κ3) is 3.31. The zero-order valence-electron chi connectivity index (χ0n) is 15.7. The van der Waals surface area contributed by atoms with Crippen LogP contribution in [0.25, 0.3) is 22.3 Å². The number of carbonyl (C=O) groups is 1. The predicted octanol–water partition coefficient (Wildman–Crippen LogP) is 2.66. The number of anilines is 1. The number of nitrogens with one attached hydrogen (secondary N) is 1. The van der Waals surface area contributed by atoms with Crippen molar-refractivity contribution in [2.45, 2.75) is 6.54 Å². The van der Waals surface area contributed by atoms with Gasteiger partial charge >= 0.3 is 5.69 Å². The molecule has 2 aromatic carbocycles. The van der Waals surface area contributed by atoms with Crippen LogP contribution in [0.4, 0.5) is 14.6 Å². The van der Waals surface area contributed by atoms with Gasteiger partial charge in [0, 0.05) is 31.8 Å². The Morgan fingerprint density at radius 2 is 1.79 bits per heavy atom. The number of hydrogen-bond acceptors (Lipinski definition) is 3. The first-order valence-corrected chi connectivity index (χ1v) is 8.78. The van der Waals surface area contributed by atoms with E-state index < -0.39 is 17.5 Å². The molecular formula is C20H17F2N5O2. The van der Waals surface area contributed by atoms with Crippen molar-refractivity contribution in [1.82, 2.24) is 18.9 Å². The number of rotatable bonds is 4. The van der Waals surface area contributed by atoms with E-state index in [-0.39, 0.29) is 23.5 Å². The summed E-state index contributed by atoms with van der Waals surface area (Å²) in [5.74, 6) is -1.54. The van der Waals surface area contributed by atoms with Gasteiger partial charge in [0.25, 0.3) is 0 Å². The molecule has 0 aliphatic carbocycles. The molecule has 2 heterocycles. The van der Waals surface area contributed by atoms with Crippen molar-refractivity contribution < 1.29 is 13.6 Å². The number of aromatic nitrogens is 4. The van der Waals surface area contributed by atoms with Gasteiger partial charge in [0.2, 0.25) is 5.91 Å². The maximum atomic E-state index is 14.0. The Morgan fingerprint density at radius 3 is 2.52 bits per heavy atom. The van der Waals surface area contributed by atoms with Crippen LogP contribution in [-0.2, 0) is 25.4 Å². The molecule has 0 spiro atoms. The van der Waals surface area contributed by atoms with Crippen molar-refractivity contribution in [2.24, 2.45) is 14.1 Å². The van der Waals surface area contributed by atoms with Crippen LogP contribution < -0.4 is 11.0 Å². The summed E-state index contributed by atoms with van der Waals surface area (Å²) in [4.78, 5) is 25.0. The topological polar surface area (TPSA) is 73.8 Å². The first-order chi connectivity index (χ1) is 13.8. The molecule has 0 fully saturated rings. The minimum atomic E-state index is -0.747. The highest BCUT2D eigenvalue weighted by Crippen LogP contribution is 2.24. The molecule has 0 bridgehead atoms. The number of carbonyl (C=O) groups excluding carboxylic acids is 1. The van der Waals surface area contributed by atoms with Crippen LogP contribution in [0.2, 0.25) is 0 Å². The molecule has 9 heteroatoms. The molecule has 2 aromatic heterocycles. The van der Waals surface area contributed by atoms with Crippen LogP contribution in [0.5, 0.6) is 0 Å². The van der Waals surface area contributed by atoms with Crippen LogP contribution in [0.1, 0.15) is 0 Å². The lowest BCUT2D eigenvalue weighted by Gasteiger charge is -2.06. The number of aryl methyl sites for hydroxylation is 2. The zero-order valence-corrected chi connectivity index (χ0v) is 15.7. The molecule has 7 nitrogen and oxygen atoms in total. The fraction of sp³-hybridized carbons (Fsp3) is 0.150. The number of halogens is 2. The van der Waals surface area contributed by atoms with Crippen LogP contribution in [0, 0.1) is 11.6 Å². The normalized spacial score (nSPS) is 11.2. The molecule has 0 aliphatic heterocycles. The molecule has 0 atom stereocenters. The second kappa shape index (κ2) is 7.01. The van der Waals surface area contributed by atoms with Gasteiger partial charge in [-0.25, -0.2) is 13.6 Å². The summed E-state index contributed by atoms with van der Waals surface area (Å²) in [7, 11) is 3.23. The predicted molar refractivity (Wildman–Crippen MR) is 104 cm³/mol. The van der Waals surface area contributed by atoms with Gasteiger partial charge in [0.05, 0.1) is 16.7 Å². The zero-order chi connectivity index (χ0) is 20.7. The fourth-order valence-electron chi connectivity index (χ4n) is 3.26. The minimum Gasteiger partial charge on any atom is -0.309 e. The van der Waals surface area contributed by atoms with Gasteiger partial charge in [0.1, 0.15) is 24.0 Å². The summed E-state index contributed by atoms with van der Waals surface area (Å²) in [5.41, 5.74) is 1.44. The third-order valence-corrected chi connectivity index (χ3v) is 4.71. The van der Waals surface area contributed by atoms with Gasteiger partial charge in [-0.2, -0.15) is 5.10 Å². The number of para-hydroxylation sites is 2. The van der Waals surface area contributed by atoms with Crippen LogP contribution in [0.3, 0.4) is 0 Å². The van der Waals surface area contributed by atoms with Crippen molar-refractivity contribution >= 4 is 22.8 Å². The maximum absolute atomic E-state index is 14.0. The number of hydrogen-bond donors (Lipinski definition) is 1. The molecule has 0 radical (unpaired) electrons. The fourth-order valence-corrected chi connectivity index (χ4v) is 3.26. The van der Waals surface area contributed by atoms with Crippen LogP contribution >= 0.6 is 0 Å². The number of fused-ring (bicyclic) bond motifs is 1. The van der Waals surface area contributed by atoms with E-state index in [1.54, 1.807) is 32.3 Å². The standard InChI is InChI=1S/C20H17F2N5O2/c1-25-16-5-3-4-6-17(16)27(20(25)29)11-19(28)23-18-10-15(24-26(18)2)13-8-7-12(21)9-14(13)22/h3-10H,11H2,1-2H3,(H,23,28). The van der Waals surface area contributed by atoms with Crippen molar-refractivity contribution in [2.75, 3.05) is 5.32 Å². The molecule has 0 saturated heterocycles. The highest BCUT2D eigenvalue weighted by Gasteiger charge is 2.16. The first kappa shape index (κ1) is 18.6. The molecule has 1 N–H and O–H groups in total. The van der Waals surface area contributed by atoms with Gasteiger partial charge in [-0.3, -0.25) is 18.6 Å². The summed E-state index contributed by atoms with van der Waals surface area (Å²) in [5, 5.41) is 6.85. The Kier molecular flexibility index (Phi) is 4.50. The van der Waals surface area contributed by atoms with Crippen molar-refractivity contribution in [3.05, 3.63) is 70.6 Å². The van der Waals surface area contributed by atoms with Gasteiger partial charge < -0.3 is 5.32 Å². The van der Waals surface area contributed by atoms with E-state index >= 15 is 0 Å². The Morgan fingerprint density at radius 1 is 1.07 bits per heavy atom. The summed E-state index contributed by atoms with van der Waals surface area (Å²) in [6.07, 6.45) is 0. The summed E-state index contributed by atoms with van der Waals surface area (Å²) < 4.78 is 31.4. The van der Waals surface area contributed by atoms with E-state index in [9.17, 15) is 18.4 Å². The molecule has 29 heavy (non-hydrogen) atoms. The lowest BCUT2D eigenvalue weighted by atomic mass is 10.1. The lowest BCUT2D eigenvalue weighted by molar-refractivity contribution is -0.116. The van der Waals surface area contributed by atoms with E-state index in [0.717, 1.165) is 17.6 Å². The number of benzene rings is 2. The third-order valence-electron chi connectivity index (χ3n) is 4.71. The van der Waals surface area contributed by atoms with Crippen molar-refractivity contribution in [3.8, 4) is 11.3 Å². The first-order valence-electron chi connectivity index (χ1n) is 8.78. The van der Waals surface area contributed by atoms with Crippen molar-refractivity contribution in [1.29, 1.82) is 0 Å².